The summed E-state index contributed by atoms with van der Waals surface area (Å²) in [5.74, 6) is 5.75. The van der Waals surface area contributed by atoms with Crippen LogP contribution in [0.1, 0.15) is 29.9 Å². The van der Waals surface area contributed by atoms with Crippen LogP contribution in [0.4, 0.5) is 5.69 Å². The SMILES string of the molecule is CCn1nc(C)c(Br)c1CC(NN)c1cc(Br)ccc1N. The van der Waals surface area contributed by atoms with Crippen LogP contribution in [0, 0.1) is 6.92 Å². The van der Waals surface area contributed by atoms with Crippen LogP contribution in [-0.2, 0) is 13.0 Å². The first-order valence-electron chi connectivity index (χ1n) is 6.70. The van der Waals surface area contributed by atoms with Crippen LogP contribution in [0.25, 0.3) is 0 Å². The zero-order chi connectivity index (χ0) is 15.6. The van der Waals surface area contributed by atoms with Crippen LogP contribution in [0.15, 0.2) is 27.1 Å². The molecule has 2 rings (SSSR count). The lowest BCUT2D eigenvalue weighted by atomic mass is 10.0. The van der Waals surface area contributed by atoms with Crippen molar-refractivity contribution in [3.63, 3.8) is 0 Å². The predicted molar refractivity (Wildman–Crippen MR) is 92.7 cm³/mol. The van der Waals surface area contributed by atoms with Gasteiger partial charge in [-0.2, -0.15) is 5.10 Å². The van der Waals surface area contributed by atoms with E-state index in [0.29, 0.717) is 6.42 Å². The van der Waals surface area contributed by atoms with Gasteiger partial charge in [0.25, 0.3) is 0 Å². The summed E-state index contributed by atoms with van der Waals surface area (Å²) in [4.78, 5) is 0. The third-order valence-electron chi connectivity index (χ3n) is 3.48. The Morgan fingerprint density at radius 1 is 1.38 bits per heavy atom. The Morgan fingerprint density at radius 3 is 2.71 bits per heavy atom. The summed E-state index contributed by atoms with van der Waals surface area (Å²) in [6.45, 7) is 4.87. The standard InChI is InChI=1S/C14H19Br2N5/c1-3-21-13(14(16)8(2)20-21)7-12(19-18)10-6-9(15)4-5-11(10)17/h4-6,12,19H,3,7,17-18H2,1-2H3. The van der Waals surface area contributed by atoms with Gasteiger partial charge in [0.15, 0.2) is 0 Å². The van der Waals surface area contributed by atoms with Crippen molar-refractivity contribution in [2.24, 2.45) is 5.84 Å². The molecule has 1 unspecified atom stereocenters. The normalized spacial score (nSPS) is 12.6. The number of hydrogen-bond donors (Lipinski definition) is 3. The summed E-state index contributed by atoms with van der Waals surface area (Å²) in [6.07, 6.45) is 0.701. The number of benzene rings is 1. The Hall–Kier alpha value is -0.890. The van der Waals surface area contributed by atoms with Crippen LogP contribution in [0.3, 0.4) is 0 Å². The highest BCUT2D eigenvalue weighted by Crippen LogP contribution is 2.30. The van der Waals surface area contributed by atoms with Crippen molar-refractivity contribution in [2.75, 3.05) is 5.73 Å². The summed E-state index contributed by atoms with van der Waals surface area (Å²) in [5.41, 5.74) is 12.7. The fourth-order valence-corrected chi connectivity index (χ4v) is 3.19. The topological polar surface area (TPSA) is 81.9 Å². The van der Waals surface area contributed by atoms with Crippen LogP contribution >= 0.6 is 31.9 Å². The Labute approximate surface area is 141 Å². The molecule has 0 saturated carbocycles. The Kier molecular flexibility index (Phi) is 5.43. The van der Waals surface area contributed by atoms with E-state index in [1.54, 1.807) is 0 Å². The fraction of sp³-hybridized carbons (Fsp3) is 0.357. The van der Waals surface area contributed by atoms with E-state index in [1.165, 1.54) is 0 Å². The van der Waals surface area contributed by atoms with Gasteiger partial charge >= 0.3 is 0 Å². The molecule has 1 heterocycles. The van der Waals surface area contributed by atoms with Gasteiger partial charge in [0.1, 0.15) is 0 Å². The molecular weight excluding hydrogens is 398 g/mol. The number of nitrogens with two attached hydrogens (primary N) is 2. The van der Waals surface area contributed by atoms with Crippen molar-refractivity contribution in [3.8, 4) is 0 Å². The number of nitrogen functional groups attached to an aromatic ring is 1. The average Bonchev–Trinajstić information content (AvgIpc) is 2.74. The number of hydrazine groups is 1. The molecule has 0 radical (unpaired) electrons. The van der Waals surface area contributed by atoms with E-state index in [9.17, 15) is 0 Å². The van der Waals surface area contributed by atoms with Gasteiger partial charge in [0.05, 0.1) is 21.9 Å². The molecule has 2 aromatic rings. The Morgan fingerprint density at radius 2 is 2.10 bits per heavy atom. The fourth-order valence-electron chi connectivity index (χ4n) is 2.36. The van der Waals surface area contributed by atoms with Crippen molar-refractivity contribution in [2.45, 2.75) is 32.9 Å². The Balaban J connectivity index is 2.38. The van der Waals surface area contributed by atoms with Gasteiger partial charge < -0.3 is 5.73 Å². The van der Waals surface area contributed by atoms with Gasteiger partial charge in [-0.15, -0.1) is 0 Å². The minimum absolute atomic E-state index is 0.0831. The van der Waals surface area contributed by atoms with Gasteiger partial charge in [-0.1, -0.05) is 15.9 Å². The maximum absolute atomic E-state index is 6.08. The molecule has 21 heavy (non-hydrogen) atoms. The number of hydrogen-bond acceptors (Lipinski definition) is 4. The number of rotatable bonds is 5. The minimum Gasteiger partial charge on any atom is -0.398 e. The van der Waals surface area contributed by atoms with Crippen molar-refractivity contribution in [1.29, 1.82) is 0 Å². The molecule has 114 valence electrons. The summed E-state index contributed by atoms with van der Waals surface area (Å²) >= 11 is 7.09. The van der Waals surface area contributed by atoms with Crippen LogP contribution in [0.2, 0.25) is 0 Å². The molecule has 0 saturated heterocycles. The molecule has 0 bridgehead atoms. The number of halogens is 2. The smallest absolute Gasteiger partial charge is 0.0738 e. The van der Waals surface area contributed by atoms with Crippen molar-refractivity contribution < 1.29 is 0 Å². The van der Waals surface area contributed by atoms with E-state index in [1.807, 2.05) is 29.8 Å². The van der Waals surface area contributed by atoms with Gasteiger partial charge in [-0.05, 0) is 53.5 Å². The molecule has 1 aromatic heterocycles. The second-order valence-corrected chi connectivity index (χ2v) is 6.57. The quantitative estimate of drug-likeness (QED) is 0.397. The zero-order valence-electron chi connectivity index (χ0n) is 12.0. The lowest BCUT2D eigenvalue weighted by molar-refractivity contribution is 0.517. The minimum atomic E-state index is -0.0831. The largest absolute Gasteiger partial charge is 0.398 e. The highest BCUT2D eigenvalue weighted by atomic mass is 79.9. The molecule has 5 N–H and O–H groups in total. The molecule has 5 nitrogen and oxygen atoms in total. The van der Waals surface area contributed by atoms with E-state index in [4.69, 9.17) is 11.6 Å². The van der Waals surface area contributed by atoms with E-state index in [0.717, 1.165) is 38.1 Å². The van der Waals surface area contributed by atoms with E-state index in [2.05, 4.69) is 49.3 Å². The third-order valence-corrected chi connectivity index (χ3v) is 5.00. The molecule has 0 aliphatic heterocycles. The molecule has 0 amide bonds. The predicted octanol–water partition coefficient (Wildman–Crippen LogP) is 3.07. The van der Waals surface area contributed by atoms with Crippen LogP contribution in [0.5, 0.6) is 0 Å². The maximum atomic E-state index is 6.08. The molecule has 1 atom stereocenters. The van der Waals surface area contributed by atoms with Crippen molar-refractivity contribution in [1.82, 2.24) is 15.2 Å². The molecule has 7 heteroatoms. The Bertz CT molecular complexity index is 639. The van der Waals surface area contributed by atoms with E-state index < -0.39 is 0 Å². The highest BCUT2D eigenvalue weighted by molar-refractivity contribution is 9.10. The lowest BCUT2D eigenvalue weighted by Crippen LogP contribution is -2.31. The summed E-state index contributed by atoms with van der Waals surface area (Å²) in [5, 5.41) is 4.51. The van der Waals surface area contributed by atoms with Gasteiger partial charge in [0.2, 0.25) is 0 Å². The van der Waals surface area contributed by atoms with Crippen molar-refractivity contribution >= 4 is 37.5 Å². The van der Waals surface area contributed by atoms with Crippen LogP contribution < -0.4 is 17.0 Å². The maximum Gasteiger partial charge on any atom is 0.0738 e. The monoisotopic (exact) mass is 415 g/mol. The molecular formula is C14H19Br2N5. The van der Waals surface area contributed by atoms with E-state index in [-0.39, 0.29) is 6.04 Å². The number of aromatic nitrogens is 2. The first-order valence-corrected chi connectivity index (χ1v) is 8.29. The first-order chi connectivity index (χ1) is 9.97. The van der Waals surface area contributed by atoms with Gasteiger partial charge in [0, 0.05) is 23.1 Å². The number of nitrogens with zero attached hydrogens (tertiary/aromatic N) is 2. The van der Waals surface area contributed by atoms with Crippen molar-refractivity contribution in [3.05, 3.63) is 44.1 Å². The highest BCUT2D eigenvalue weighted by Gasteiger charge is 2.20. The number of nitrogens with one attached hydrogen (secondary N) is 1. The van der Waals surface area contributed by atoms with Crippen LogP contribution in [-0.4, -0.2) is 9.78 Å². The zero-order valence-corrected chi connectivity index (χ0v) is 15.2. The van der Waals surface area contributed by atoms with E-state index >= 15 is 0 Å². The number of anilines is 1. The second kappa shape index (κ2) is 6.91. The van der Waals surface area contributed by atoms with Gasteiger partial charge in [-0.25, -0.2) is 0 Å². The third kappa shape index (κ3) is 3.48. The average molecular weight is 417 g/mol. The van der Waals surface area contributed by atoms with Gasteiger partial charge in [-0.3, -0.25) is 16.0 Å². The molecule has 0 aliphatic carbocycles. The summed E-state index contributed by atoms with van der Waals surface area (Å²) < 4.78 is 3.99. The summed E-state index contributed by atoms with van der Waals surface area (Å²) in [6, 6.07) is 5.71. The first kappa shape index (κ1) is 16.5. The summed E-state index contributed by atoms with van der Waals surface area (Å²) in [7, 11) is 0. The lowest BCUT2D eigenvalue weighted by Gasteiger charge is -2.19. The molecule has 1 aromatic carbocycles. The molecule has 0 fully saturated rings. The molecule has 0 spiro atoms. The second-order valence-electron chi connectivity index (χ2n) is 4.86. The number of aryl methyl sites for hydroxylation is 2. The molecule has 0 aliphatic rings.